The molecule has 4 heteroatoms. The topological polar surface area (TPSA) is 48.4 Å². The Bertz CT molecular complexity index is 993. The van der Waals surface area contributed by atoms with Crippen molar-refractivity contribution in [3.05, 3.63) is 59.7 Å². The average Bonchev–Trinajstić information content (AvgIpc) is 2.75. The van der Waals surface area contributed by atoms with Gasteiger partial charge in [-0.3, -0.25) is 0 Å². The maximum Gasteiger partial charge on any atom is 0.219 e. The molecule has 1 heterocycles. The highest BCUT2D eigenvalue weighted by Crippen LogP contribution is 2.30. The highest BCUT2D eigenvalue weighted by atomic mass is 16.5. The second kappa shape index (κ2) is 9.08. The summed E-state index contributed by atoms with van der Waals surface area (Å²) in [4.78, 5) is 15.3. The minimum absolute atomic E-state index is 0.419. The van der Waals surface area contributed by atoms with Gasteiger partial charge in [0, 0.05) is 17.9 Å². The van der Waals surface area contributed by atoms with Crippen molar-refractivity contribution in [2.24, 2.45) is 5.92 Å². The molecule has 0 saturated heterocycles. The van der Waals surface area contributed by atoms with Gasteiger partial charge >= 0.3 is 0 Å². The number of hydrogen-bond donors (Lipinski definition) is 0. The number of aryl methyl sites for hydroxylation is 1. The molecule has 0 N–H and O–H groups in total. The van der Waals surface area contributed by atoms with Crippen LogP contribution in [0.25, 0.3) is 10.9 Å². The first-order chi connectivity index (χ1) is 14.2. The number of aldehydes is 1. The van der Waals surface area contributed by atoms with E-state index in [1.807, 2.05) is 55.5 Å². The van der Waals surface area contributed by atoms with Crippen molar-refractivity contribution in [1.29, 1.82) is 0 Å². The lowest BCUT2D eigenvalue weighted by Crippen LogP contribution is -2.15. The van der Waals surface area contributed by atoms with Gasteiger partial charge in [-0.25, -0.2) is 4.98 Å². The zero-order chi connectivity index (χ0) is 20.1. The second-order valence-corrected chi connectivity index (χ2v) is 7.89. The standard InChI is InChI=1S/C25H27NO3/c1-18-15-22(28-17-20-5-3-2-4-6-20)9-11-24(18)29-25-12-8-21-16-19(13-14-27)7-10-23(21)26-25/h7-12,14-16,20H,2-6,13,17H2,1H3. The smallest absolute Gasteiger partial charge is 0.219 e. The molecule has 4 rings (SSSR count). The number of nitrogens with zero attached hydrogens (tertiary/aromatic N) is 1. The van der Waals surface area contributed by atoms with E-state index >= 15 is 0 Å². The van der Waals surface area contributed by atoms with Crippen molar-refractivity contribution in [3.63, 3.8) is 0 Å². The molecule has 0 bridgehead atoms. The van der Waals surface area contributed by atoms with Crippen LogP contribution in [0.15, 0.2) is 48.5 Å². The Morgan fingerprint density at radius 2 is 1.90 bits per heavy atom. The van der Waals surface area contributed by atoms with E-state index in [-0.39, 0.29) is 0 Å². The minimum Gasteiger partial charge on any atom is -0.493 e. The Labute approximate surface area is 171 Å². The molecule has 3 aromatic rings. The number of hydrogen-bond acceptors (Lipinski definition) is 4. The normalized spacial score (nSPS) is 14.7. The van der Waals surface area contributed by atoms with Crippen LogP contribution in [-0.2, 0) is 11.2 Å². The lowest BCUT2D eigenvalue weighted by atomic mass is 9.90. The van der Waals surface area contributed by atoms with Gasteiger partial charge in [-0.2, -0.15) is 0 Å². The Kier molecular flexibility index (Phi) is 6.09. The number of carbonyl (C=O) groups excluding carboxylic acids is 1. The van der Waals surface area contributed by atoms with Gasteiger partial charge in [-0.05, 0) is 73.2 Å². The van der Waals surface area contributed by atoms with Crippen molar-refractivity contribution in [3.8, 4) is 17.4 Å². The van der Waals surface area contributed by atoms with Gasteiger partial charge in [0.15, 0.2) is 0 Å². The summed E-state index contributed by atoms with van der Waals surface area (Å²) in [5.74, 6) is 2.92. The largest absolute Gasteiger partial charge is 0.493 e. The first-order valence-electron chi connectivity index (χ1n) is 10.5. The maximum absolute atomic E-state index is 10.7. The van der Waals surface area contributed by atoms with Gasteiger partial charge in [0.1, 0.15) is 17.8 Å². The molecule has 0 spiro atoms. The summed E-state index contributed by atoms with van der Waals surface area (Å²) in [6.07, 6.45) is 7.92. The predicted octanol–water partition coefficient (Wildman–Crippen LogP) is 6.04. The summed E-state index contributed by atoms with van der Waals surface area (Å²) in [7, 11) is 0. The third kappa shape index (κ3) is 4.94. The lowest BCUT2D eigenvalue weighted by molar-refractivity contribution is -0.107. The summed E-state index contributed by atoms with van der Waals surface area (Å²) in [6, 6.07) is 15.6. The molecule has 4 nitrogen and oxygen atoms in total. The molecular formula is C25H27NO3. The Hall–Kier alpha value is -2.88. The van der Waals surface area contributed by atoms with Gasteiger partial charge in [0.2, 0.25) is 5.88 Å². The third-order valence-corrected chi connectivity index (χ3v) is 5.62. The summed E-state index contributed by atoms with van der Waals surface area (Å²) in [5.41, 5.74) is 2.86. The quantitative estimate of drug-likeness (QED) is 0.463. The van der Waals surface area contributed by atoms with E-state index in [2.05, 4.69) is 4.98 Å². The summed E-state index contributed by atoms with van der Waals surface area (Å²) in [6.45, 7) is 2.83. The van der Waals surface area contributed by atoms with Gasteiger partial charge in [-0.1, -0.05) is 25.3 Å². The first-order valence-corrected chi connectivity index (χ1v) is 10.5. The zero-order valence-electron chi connectivity index (χ0n) is 16.9. The summed E-state index contributed by atoms with van der Waals surface area (Å²) >= 11 is 0. The molecule has 0 atom stereocenters. The molecule has 0 radical (unpaired) electrons. The molecule has 0 unspecified atom stereocenters. The number of pyridine rings is 1. The van der Waals surface area contributed by atoms with E-state index in [1.54, 1.807) is 0 Å². The fourth-order valence-electron chi connectivity index (χ4n) is 3.94. The number of benzene rings is 2. The molecular weight excluding hydrogens is 362 g/mol. The van der Waals surface area contributed by atoms with E-state index in [0.717, 1.165) is 46.4 Å². The minimum atomic E-state index is 0.419. The van der Waals surface area contributed by atoms with E-state index in [0.29, 0.717) is 18.2 Å². The van der Waals surface area contributed by atoms with Crippen molar-refractivity contribution in [2.45, 2.75) is 45.4 Å². The van der Waals surface area contributed by atoms with Gasteiger partial charge in [-0.15, -0.1) is 0 Å². The van der Waals surface area contributed by atoms with Crippen LogP contribution in [0.3, 0.4) is 0 Å². The lowest BCUT2D eigenvalue weighted by Gasteiger charge is -2.21. The monoisotopic (exact) mass is 389 g/mol. The molecule has 29 heavy (non-hydrogen) atoms. The van der Waals surface area contributed by atoms with Crippen LogP contribution in [0.5, 0.6) is 17.4 Å². The van der Waals surface area contributed by atoms with Crippen LogP contribution in [0, 0.1) is 12.8 Å². The van der Waals surface area contributed by atoms with Crippen molar-refractivity contribution in [2.75, 3.05) is 6.61 Å². The van der Waals surface area contributed by atoms with Crippen molar-refractivity contribution >= 4 is 17.2 Å². The van der Waals surface area contributed by atoms with E-state index in [9.17, 15) is 4.79 Å². The molecule has 1 fully saturated rings. The zero-order valence-corrected chi connectivity index (χ0v) is 16.9. The molecule has 2 aromatic carbocycles. The number of fused-ring (bicyclic) bond motifs is 1. The summed E-state index contributed by atoms with van der Waals surface area (Å²) in [5, 5.41) is 1.000. The molecule has 1 aliphatic rings. The van der Waals surface area contributed by atoms with Crippen LogP contribution >= 0.6 is 0 Å². The van der Waals surface area contributed by atoms with Crippen LogP contribution in [0.2, 0.25) is 0 Å². The Morgan fingerprint density at radius 3 is 2.69 bits per heavy atom. The fraction of sp³-hybridized carbons (Fsp3) is 0.360. The molecule has 1 aromatic heterocycles. The van der Waals surface area contributed by atoms with Gasteiger partial charge < -0.3 is 14.3 Å². The van der Waals surface area contributed by atoms with Crippen LogP contribution in [-0.4, -0.2) is 17.9 Å². The number of aromatic nitrogens is 1. The number of rotatable bonds is 7. The third-order valence-electron chi connectivity index (χ3n) is 5.62. The highest BCUT2D eigenvalue weighted by Gasteiger charge is 2.14. The fourth-order valence-corrected chi connectivity index (χ4v) is 3.94. The van der Waals surface area contributed by atoms with Crippen LogP contribution < -0.4 is 9.47 Å². The average molecular weight is 389 g/mol. The Balaban J connectivity index is 1.43. The molecule has 0 aliphatic heterocycles. The first kappa shape index (κ1) is 19.4. The van der Waals surface area contributed by atoms with Crippen molar-refractivity contribution < 1.29 is 14.3 Å². The molecule has 150 valence electrons. The van der Waals surface area contributed by atoms with E-state index in [1.165, 1.54) is 32.1 Å². The molecule has 1 saturated carbocycles. The molecule has 1 aliphatic carbocycles. The van der Waals surface area contributed by atoms with Gasteiger partial charge in [0.05, 0.1) is 12.1 Å². The van der Waals surface area contributed by atoms with Crippen LogP contribution in [0.4, 0.5) is 0 Å². The second-order valence-electron chi connectivity index (χ2n) is 7.89. The van der Waals surface area contributed by atoms with Crippen LogP contribution in [0.1, 0.15) is 43.2 Å². The number of carbonyl (C=O) groups is 1. The molecule has 0 amide bonds. The van der Waals surface area contributed by atoms with Crippen molar-refractivity contribution in [1.82, 2.24) is 4.98 Å². The summed E-state index contributed by atoms with van der Waals surface area (Å²) < 4.78 is 12.0. The Morgan fingerprint density at radius 1 is 1.03 bits per heavy atom. The maximum atomic E-state index is 10.7. The highest BCUT2D eigenvalue weighted by molar-refractivity contribution is 5.80. The predicted molar refractivity (Wildman–Crippen MR) is 115 cm³/mol. The number of ether oxygens (including phenoxy) is 2. The van der Waals surface area contributed by atoms with E-state index < -0.39 is 0 Å². The van der Waals surface area contributed by atoms with Gasteiger partial charge in [0.25, 0.3) is 0 Å². The SMILES string of the molecule is Cc1cc(OCC2CCCCC2)ccc1Oc1ccc2cc(CC=O)ccc2n1. The van der Waals surface area contributed by atoms with E-state index in [4.69, 9.17) is 9.47 Å².